The van der Waals surface area contributed by atoms with Crippen molar-refractivity contribution in [2.45, 2.75) is 113 Å². The quantitative estimate of drug-likeness (QED) is 0.478. The van der Waals surface area contributed by atoms with Gasteiger partial charge in [-0.2, -0.15) is 0 Å². The molecule has 3 saturated carbocycles. The van der Waals surface area contributed by atoms with Crippen molar-refractivity contribution < 1.29 is 15.0 Å². The summed E-state index contributed by atoms with van der Waals surface area (Å²) in [5.41, 5.74) is 2.43. The van der Waals surface area contributed by atoms with Crippen LogP contribution in [0, 0.1) is 41.4 Å². The van der Waals surface area contributed by atoms with Crippen LogP contribution in [0.15, 0.2) is 18.2 Å². The van der Waals surface area contributed by atoms with E-state index in [0.29, 0.717) is 35.2 Å². The number of rotatable bonds is 2. The summed E-state index contributed by atoms with van der Waals surface area (Å²) in [4.78, 5) is 11.6. The van der Waals surface area contributed by atoms with Gasteiger partial charge in [-0.25, -0.2) is 0 Å². The third-order valence-corrected chi connectivity index (χ3v) is 9.28. The molecule has 3 aliphatic rings. The second-order valence-corrected chi connectivity index (χ2v) is 12.5. The van der Waals surface area contributed by atoms with Gasteiger partial charge in [0.2, 0.25) is 0 Å². The number of aliphatic hydroxyl groups is 1. The first-order valence-electron chi connectivity index (χ1n) is 13.2. The van der Waals surface area contributed by atoms with Crippen molar-refractivity contribution in [2.75, 3.05) is 0 Å². The summed E-state index contributed by atoms with van der Waals surface area (Å²) in [7, 11) is 0. The van der Waals surface area contributed by atoms with Gasteiger partial charge in [-0.05, 0) is 84.8 Å². The first-order chi connectivity index (χ1) is 15.2. The molecular formula is C30H50O3. The Morgan fingerprint density at radius 1 is 1.03 bits per heavy atom. The molecule has 0 unspecified atom stereocenters. The molecule has 2 N–H and O–H groups in total. The highest BCUT2D eigenvalue weighted by molar-refractivity contribution is 5.89. The van der Waals surface area contributed by atoms with Crippen LogP contribution in [0.25, 0.3) is 0 Å². The zero-order valence-corrected chi connectivity index (χ0v) is 22.7. The van der Waals surface area contributed by atoms with E-state index in [1.54, 1.807) is 6.07 Å². The molecule has 3 fully saturated rings. The standard InChI is InChI=1S/C10H16O.C10H20O.C10H14O/c1-9(2)7-4-5-10(9,3)8(11)6-7;2*1-7(2)9-5-4-8(3)6-10(9)11/h7H,4-6H2,1-3H3;7-11H,4-6H2,1-3H3;4-7,11H,1-3H3/t7-,10+;8-,9+,10-;/m01./s1. The lowest BCUT2D eigenvalue weighted by molar-refractivity contribution is -0.128. The van der Waals surface area contributed by atoms with Crippen molar-refractivity contribution >= 4 is 5.78 Å². The Bertz CT molecular complexity index is 794. The van der Waals surface area contributed by atoms with Crippen molar-refractivity contribution in [3.05, 3.63) is 29.3 Å². The SMILES string of the molecule is CC(C)[C@@H]1CC[C@@H](C)C[C@H]1O.CC1(C)[C@H]2CC[C@]1(C)C(=O)C2.Cc1ccc(C(C)C)c(O)c1. The number of phenolic OH excluding ortho intramolecular Hbond substituents is 1. The number of carbonyl (C=O) groups is 1. The summed E-state index contributed by atoms with van der Waals surface area (Å²) < 4.78 is 0. The lowest BCUT2D eigenvalue weighted by atomic mass is 9.70. The number of hydrogen-bond donors (Lipinski definition) is 2. The molecule has 0 saturated heterocycles. The molecule has 0 aromatic heterocycles. The third-order valence-electron chi connectivity index (χ3n) is 9.28. The molecule has 2 bridgehead atoms. The smallest absolute Gasteiger partial charge is 0.139 e. The molecule has 0 aliphatic heterocycles. The van der Waals surface area contributed by atoms with E-state index in [2.05, 4.69) is 55.4 Å². The number of Topliss-reactive ketones (excluding diaryl/α,β-unsaturated/α-hetero) is 1. The molecule has 3 nitrogen and oxygen atoms in total. The maximum absolute atomic E-state index is 11.6. The number of fused-ring (bicyclic) bond motifs is 2. The van der Waals surface area contributed by atoms with Crippen LogP contribution in [-0.2, 0) is 4.79 Å². The summed E-state index contributed by atoms with van der Waals surface area (Å²) in [5, 5.41) is 19.2. The van der Waals surface area contributed by atoms with Crippen LogP contribution < -0.4 is 0 Å². The number of aryl methyl sites for hydroxylation is 1. The fraction of sp³-hybridized carbons (Fsp3) is 0.767. The number of carbonyl (C=O) groups excluding carboxylic acids is 1. The van der Waals surface area contributed by atoms with E-state index in [-0.39, 0.29) is 16.9 Å². The van der Waals surface area contributed by atoms with E-state index < -0.39 is 0 Å². The Morgan fingerprint density at radius 3 is 2.03 bits per heavy atom. The average molecular weight is 459 g/mol. The minimum atomic E-state index is -0.0289. The highest BCUT2D eigenvalue weighted by atomic mass is 16.3. The van der Waals surface area contributed by atoms with Gasteiger partial charge in [0, 0.05) is 11.8 Å². The monoisotopic (exact) mass is 458 g/mol. The summed E-state index contributed by atoms with van der Waals surface area (Å²) in [5.74, 6) is 3.96. The van der Waals surface area contributed by atoms with Gasteiger partial charge in [0.05, 0.1) is 6.10 Å². The number of benzene rings is 1. The molecule has 0 radical (unpaired) electrons. The fourth-order valence-electron chi connectivity index (χ4n) is 6.20. The summed E-state index contributed by atoms with van der Waals surface area (Å²) in [6, 6.07) is 5.81. The molecule has 5 atom stereocenters. The summed E-state index contributed by atoms with van der Waals surface area (Å²) in [6.45, 7) is 19.5. The van der Waals surface area contributed by atoms with E-state index in [0.717, 1.165) is 36.3 Å². The minimum absolute atomic E-state index is 0.0255. The molecule has 1 aromatic carbocycles. The Balaban J connectivity index is 0.000000175. The van der Waals surface area contributed by atoms with Crippen LogP contribution in [0.3, 0.4) is 0 Å². The summed E-state index contributed by atoms with van der Waals surface area (Å²) >= 11 is 0. The predicted octanol–water partition coefficient (Wildman–Crippen LogP) is 7.67. The molecule has 33 heavy (non-hydrogen) atoms. The van der Waals surface area contributed by atoms with E-state index in [4.69, 9.17) is 0 Å². The van der Waals surface area contributed by atoms with Gasteiger partial charge in [-0.15, -0.1) is 0 Å². The number of ketones is 1. The lowest BCUT2D eigenvalue weighted by Gasteiger charge is -2.33. The zero-order chi connectivity index (χ0) is 25.1. The molecule has 3 aliphatic carbocycles. The molecule has 0 heterocycles. The van der Waals surface area contributed by atoms with Gasteiger partial charge < -0.3 is 10.2 Å². The molecular weight excluding hydrogens is 408 g/mol. The summed E-state index contributed by atoms with van der Waals surface area (Å²) in [6.07, 6.45) is 6.77. The predicted molar refractivity (Wildman–Crippen MR) is 139 cm³/mol. The number of phenols is 1. The van der Waals surface area contributed by atoms with Gasteiger partial charge in [0.15, 0.2) is 0 Å². The maximum atomic E-state index is 11.6. The molecule has 1 aromatic rings. The van der Waals surface area contributed by atoms with Crippen molar-refractivity contribution in [1.82, 2.24) is 0 Å². The van der Waals surface area contributed by atoms with E-state index in [1.807, 2.05) is 19.1 Å². The third kappa shape index (κ3) is 6.21. The highest BCUT2D eigenvalue weighted by Crippen LogP contribution is 2.63. The van der Waals surface area contributed by atoms with Crippen LogP contribution in [0.4, 0.5) is 0 Å². The Morgan fingerprint density at radius 2 is 1.67 bits per heavy atom. The van der Waals surface area contributed by atoms with Crippen LogP contribution in [-0.4, -0.2) is 22.1 Å². The number of aliphatic hydroxyl groups excluding tert-OH is 1. The highest BCUT2D eigenvalue weighted by Gasteiger charge is 2.61. The average Bonchev–Trinajstić information content (AvgIpc) is 3.01. The normalized spacial score (nSPS) is 32.3. The molecule has 3 heteroatoms. The van der Waals surface area contributed by atoms with E-state index in [1.165, 1.54) is 19.3 Å². The first kappa shape index (κ1) is 27.9. The van der Waals surface area contributed by atoms with Gasteiger partial charge >= 0.3 is 0 Å². The second-order valence-electron chi connectivity index (χ2n) is 12.5. The zero-order valence-electron chi connectivity index (χ0n) is 22.7. The number of hydrogen-bond acceptors (Lipinski definition) is 3. The number of aromatic hydroxyl groups is 1. The van der Waals surface area contributed by atoms with Crippen LogP contribution in [0.1, 0.15) is 111 Å². The van der Waals surface area contributed by atoms with Gasteiger partial charge in [0.25, 0.3) is 0 Å². The molecule has 4 rings (SSSR count). The van der Waals surface area contributed by atoms with Crippen molar-refractivity contribution in [2.24, 2.45) is 34.5 Å². The van der Waals surface area contributed by atoms with Crippen LogP contribution in [0.5, 0.6) is 5.75 Å². The molecule has 0 spiro atoms. The van der Waals surface area contributed by atoms with Crippen molar-refractivity contribution in [1.29, 1.82) is 0 Å². The topological polar surface area (TPSA) is 57.5 Å². The Kier molecular flexibility index (Phi) is 9.24. The van der Waals surface area contributed by atoms with Crippen molar-refractivity contribution in [3.63, 3.8) is 0 Å². The minimum Gasteiger partial charge on any atom is -0.508 e. The van der Waals surface area contributed by atoms with Crippen LogP contribution >= 0.6 is 0 Å². The second kappa shape index (κ2) is 10.9. The van der Waals surface area contributed by atoms with E-state index in [9.17, 15) is 15.0 Å². The van der Waals surface area contributed by atoms with Crippen molar-refractivity contribution in [3.8, 4) is 5.75 Å². The first-order valence-corrected chi connectivity index (χ1v) is 13.2. The molecule has 188 valence electrons. The van der Waals surface area contributed by atoms with Gasteiger partial charge in [-0.1, -0.05) is 73.9 Å². The largest absolute Gasteiger partial charge is 0.508 e. The van der Waals surface area contributed by atoms with Gasteiger partial charge in [0.1, 0.15) is 11.5 Å². The Labute approximate surface area is 203 Å². The van der Waals surface area contributed by atoms with Gasteiger partial charge in [-0.3, -0.25) is 4.79 Å². The lowest BCUT2D eigenvalue weighted by Crippen LogP contribution is -2.32. The maximum Gasteiger partial charge on any atom is 0.139 e. The van der Waals surface area contributed by atoms with Crippen LogP contribution in [0.2, 0.25) is 0 Å². The fourth-order valence-corrected chi connectivity index (χ4v) is 6.20. The Hall–Kier alpha value is -1.35. The van der Waals surface area contributed by atoms with E-state index >= 15 is 0 Å². The molecule has 0 amide bonds.